The number of phenolic OH excluding ortho intramolecular Hbond substituents is 1. The van der Waals surface area contributed by atoms with Gasteiger partial charge in [-0.25, -0.2) is 4.98 Å². The van der Waals surface area contributed by atoms with Gasteiger partial charge in [-0.15, -0.1) is 9.19 Å². The van der Waals surface area contributed by atoms with Crippen LogP contribution in [0.15, 0.2) is 87.4 Å². The molecule has 2 atom stereocenters. The molecule has 0 saturated carbocycles. The molecule has 1 fully saturated rings. The molecular formula is C31H28ClN5O6S. The number of phenols is 1. The molecule has 3 aromatic carbocycles. The quantitative estimate of drug-likeness (QED) is 0.281. The number of carbonyl (C=O) groups excluding carboxylic acids is 1. The highest BCUT2D eigenvalue weighted by Gasteiger charge is 2.34. The summed E-state index contributed by atoms with van der Waals surface area (Å²) in [7, 11) is -1.98. The van der Waals surface area contributed by atoms with E-state index in [0.717, 1.165) is 28.8 Å². The molecule has 1 amide bonds. The van der Waals surface area contributed by atoms with Crippen LogP contribution in [-0.4, -0.2) is 64.7 Å². The van der Waals surface area contributed by atoms with E-state index in [9.17, 15) is 23.1 Å². The van der Waals surface area contributed by atoms with Gasteiger partial charge in [0.2, 0.25) is 0 Å². The number of likely N-dealkylation sites (N-methyl/N-ethyl adjacent to an activating group) is 1. The van der Waals surface area contributed by atoms with E-state index in [0.29, 0.717) is 29.1 Å². The van der Waals surface area contributed by atoms with Gasteiger partial charge in [-0.05, 0) is 75.0 Å². The number of nitrogens with zero attached hydrogens (tertiary/aromatic N) is 4. The first kappa shape index (κ1) is 29.5. The fourth-order valence-corrected chi connectivity index (χ4v) is 7.05. The number of likely N-dealkylation sites (tertiary alicyclic amines) is 1. The Hall–Kier alpha value is -4.52. The van der Waals surface area contributed by atoms with Crippen LogP contribution in [0.5, 0.6) is 5.75 Å². The maximum Gasteiger partial charge on any atom is 0.284 e. The van der Waals surface area contributed by atoms with Gasteiger partial charge in [-0.3, -0.25) is 9.59 Å². The molecule has 6 rings (SSSR count). The zero-order valence-electron chi connectivity index (χ0n) is 23.8. The molecule has 0 bridgehead atoms. The van der Waals surface area contributed by atoms with Gasteiger partial charge in [0.15, 0.2) is 5.43 Å². The van der Waals surface area contributed by atoms with Crippen molar-refractivity contribution in [3.63, 3.8) is 0 Å². The van der Waals surface area contributed by atoms with E-state index in [1.165, 1.54) is 30.3 Å². The van der Waals surface area contributed by atoms with E-state index in [-0.39, 0.29) is 44.8 Å². The molecule has 0 radical (unpaired) electrons. The molecule has 1 aliphatic rings. The van der Waals surface area contributed by atoms with Crippen molar-refractivity contribution >= 4 is 38.5 Å². The number of hydrogen-bond donors (Lipinski definition) is 2. The van der Waals surface area contributed by atoms with Crippen LogP contribution < -0.4 is 10.7 Å². The molecule has 3 heterocycles. The van der Waals surface area contributed by atoms with Crippen LogP contribution in [0.4, 0.5) is 0 Å². The van der Waals surface area contributed by atoms with Crippen LogP contribution in [0.3, 0.4) is 0 Å². The lowest BCUT2D eigenvalue weighted by Crippen LogP contribution is -2.50. The summed E-state index contributed by atoms with van der Waals surface area (Å²) in [5.74, 6) is -0.572. The number of halogens is 1. The molecule has 2 N–H and O–H groups in total. The summed E-state index contributed by atoms with van der Waals surface area (Å²) >= 11 is 6.42. The summed E-state index contributed by atoms with van der Waals surface area (Å²) in [4.78, 5) is 32.6. The first-order valence-electron chi connectivity index (χ1n) is 13.8. The van der Waals surface area contributed by atoms with Crippen LogP contribution in [0.25, 0.3) is 22.3 Å². The van der Waals surface area contributed by atoms with Crippen LogP contribution in [0.2, 0.25) is 5.02 Å². The van der Waals surface area contributed by atoms with Crippen LogP contribution in [-0.2, 0) is 10.0 Å². The highest BCUT2D eigenvalue weighted by atomic mass is 35.5. The monoisotopic (exact) mass is 633 g/mol. The lowest BCUT2D eigenvalue weighted by atomic mass is 9.82. The summed E-state index contributed by atoms with van der Waals surface area (Å²) < 4.78 is 32.6. The number of carbonyl (C=O) groups is 1. The fourth-order valence-electron chi connectivity index (χ4n) is 5.78. The molecule has 1 saturated heterocycles. The number of nitrogens with one attached hydrogen (secondary N) is 1. The average Bonchev–Trinajstić information content (AvgIpc) is 3.54. The predicted molar refractivity (Wildman–Crippen MR) is 164 cm³/mol. The Morgan fingerprint density at radius 2 is 1.89 bits per heavy atom. The zero-order valence-corrected chi connectivity index (χ0v) is 25.3. The van der Waals surface area contributed by atoms with Crippen molar-refractivity contribution in [2.75, 3.05) is 20.1 Å². The molecule has 5 aromatic rings. The Kier molecular flexibility index (Phi) is 7.74. The van der Waals surface area contributed by atoms with E-state index in [2.05, 4.69) is 20.3 Å². The molecular weight excluding hydrogens is 606 g/mol. The Balaban J connectivity index is 1.37. The van der Waals surface area contributed by atoms with Gasteiger partial charge in [0.05, 0.1) is 9.92 Å². The molecule has 0 aliphatic carbocycles. The maximum absolute atomic E-state index is 13.5. The number of piperidine rings is 1. The molecule has 44 heavy (non-hydrogen) atoms. The number of benzene rings is 3. The maximum atomic E-state index is 13.5. The number of amides is 1. The summed E-state index contributed by atoms with van der Waals surface area (Å²) in [5, 5.41) is 18.1. The number of aromatic hydroxyl groups is 1. The molecule has 226 valence electrons. The van der Waals surface area contributed by atoms with Gasteiger partial charge in [0, 0.05) is 41.3 Å². The van der Waals surface area contributed by atoms with E-state index < -0.39 is 21.5 Å². The largest absolute Gasteiger partial charge is 0.507 e. The molecule has 0 unspecified atom stereocenters. The van der Waals surface area contributed by atoms with Gasteiger partial charge in [0.25, 0.3) is 15.9 Å². The van der Waals surface area contributed by atoms with Gasteiger partial charge >= 0.3 is 0 Å². The minimum atomic E-state index is -3.94. The van der Waals surface area contributed by atoms with E-state index in [1.54, 1.807) is 30.3 Å². The molecule has 13 heteroatoms. The summed E-state index contributed by atoms with van der Waals surface area (Å²) in [6.07, 6.45) is 2.85. The smallest absolute Gasteiger partial charge is 0.284 e. The third-order valence-electron chi connectivity index (χ3n) is 7.93. The summed E-state index contributed by atoms with van der Waals surface area (Å²) in [6, 6.07) is 15.1. The lowest BCUT2D eigenvalue weighted by Gasteiger charge is -2.38. The first-order chi connectivity index (χ1) is 21.0. The van der Waals surface area contributed by atoms with E-state index in [4.69, 9.17) is 16.0 Å². The summed E-state index contributed by atoms with van der Waals surface area (Å²) in [6.45, 7) is 3.07. The second-order valence-corrected chi connectivity index (χ2v) is 13.0. The number of fused-ring (bicyclic) bond motifs is 1. The Morgan fingerprint density at radius 3 is 2.59 bits per heavy atom. The van der Waals surface area contributed by atoms with Crippen LogP contribution in [0.1, 0.15) is 33.8 Å². The van der Waals surface area contributed by atoms with Gasteiger partial charge in [-0.2, -0.15) is 8.42 Å². The van der Waals surface area contributed by atoms with Crippen LogP contribution >= 0.6 is 11.6 Å². The minimum Gasteiger partial charge on any atom is -0.507 e. The predicted octanol–water partition coefficient (Wildman–Crippen LogP) is 4.17. The van der Waals surface area contributed by atoms with Crippen molar-refractivity contribution in [2.24, 2.45) is 0 Å². The van der Waals surface area contributed by atoms with Gasteiger partial charge in [0.1, 0.15) is 35.1 Å². The SMILES string of the molecule is Cc1cc(O)c2c(=O)cc(-c3ccccc3Cl)oc2c1[C@H]1CCN(C)C[C@@H]1NC(=O)c1ccc(S(=O)(=O)n2cncn2)cc1. The van der Waals surface area contributed by atoms with E-state index in [1.807, 2.05) is 14.0 Å². The zero-order chi connectivity index (χ0) is 31.2. The molecule has 11 nitrogen and oxygen atoms in total. The lowest BCUT2D eigenvalue weighted by molar-refractivity contribution is 0.0900. The average molecular weight is 634 g/mol. The standard InChI is InChI=1S/C31H28ClN5O6S/c1-18-13-25(38)29-26(39)14-27(21-5-3-4-6-23(21)32)43-30(29)28(18)22-11-12-36(2)15-24(22)35-31(40)19-7-9-20(10-8-19)44(41,42)37-17-33-16-34-37/h3-10,13-14,16-17,22,24,38H,11-12,15H2,1-2H3,(H,35,40)/t22-,24-/m0/s1. The third-order valence-corrected chi connectivity index (χ3v) is 9.81. The molecule has 1 aliphatic heterocycles. The second kappa shape index (κ2) is 11.5. The van der Waals surface area contributed by atoms with Crippen molar-refractivity contribution in [1.82, 2.24) is 24.4 Å². The Morgan fingerprint density at radius 1 is 1.14 bits per heavy atom. The summed E-state index contributed by atoms with van der Waals surface area (Å²) in [5.41, 5.74) is 2.09. The van der Waals surface area contributed by atoms with Crippen molar-refractivity contribution in [3.8, 4) is 17.1 Å². The highest BCUT2D eigenvalue weighted by Crippen LogP contribution is 2.40. The minimum absolute atomic E-state index is 0.0367. The Bertz CT molecular complexity index is 2050. The second-order valence-electron chi connectivity index (χ2n) is 10.8. The van der Waals surface area contributed by atoms with Crippen molar-refractivity contribution in [3.05, 3.63) is 105 Å². The van der Waals surface area contributed by atoms with Crippen molar-refractivity contribution in [1.29, 1.82) is 0 Å². The number of aromatic nitrogens is 3. The van der Waals surface area contributed by atoms with Crippen molar-refractivity contribution < 1.29 is 22.7 Å². The molecule has 0 spiro atoms. The van der Waals surface area contributed by atoms with Gasteiger partial charge < -0.3 is 19.7 Å². The van der Waals surface area contributed by atoms with E-state index >= 15 is 0 Å². The number of aryl methyl sites for hydroxylation is 1. The number of hydrogen-bond acceptors (Lipinski definition) is 9. The normalized spacial score (nSPS) is 17.5. The number of rotatable bonds is 6. The third kappa shape index (κ3) is 5.36. The van der Waals surface area contributed by atoms with Crippen LogP contribution in [0, 0.1) is 6.92 Å². The first-order valence-corrected chi connectivity index (χ1v) is 15.6. The highest BCUT2D eigenvalue weighted by molar-refractivity contribution is 7.89. The topological polar surface area (TPSA) is 148 Å². The molecule has 2 aromatic heterocycles. The van der Waals surface area contributed by atoms with Crippen molar-refractivity contribution in [2.45, 2.75) is 30.2 Å². The Labute approximate surface area is 257 Å². The van der Waals surface area contributed by atoms with Gasteiger partial charge in [-0.1, -0.05) is 23.7 Å². The fraction of sp³-hybridized carbons (Fsp3) is 0.226.